The number of benzene rings is 1. The van der Waals surface area contributed by atoms with E-state index in [1.165, 1.54) is 36.5 Å². The van der Waals surface area contributed by atoms with E-state index in [1.54, 1.807) is 17.1 Å². The van der Waals surface area contributed by atoms with Crippen LogP contribution in [0, 0.1) is 0 Å². The van der Waals surface area contributed by atoms with Crippen LogP contribution in [0.5, 0.6) is 5.75 Å². The van der Waals surface area contributed by atoms with Gasteiger partial charge in [-0.2, -0.15) is 0 Å². The summed E-state index contributed by atoms with van der Waals surface area (Å²) in [5.41, 5.74) is 1.32. The van der Waals surface area contributed by atoms with Crippen LogP contribution >= 0.6 is 22.7 Å². The molecule has 0 aliphatic carbocycles. The summed E-state index contributed by atoms with van der Waals surface area (Å²) in [4.78, 5) is 34.3. The molecule has 0 radical (unpaired) electrons. The predicted octanol–water partition coefficient (Wildman–Crippen LogP) is 4.13. The van der Waals surface area contributed by atoms with Crippen molar-refractivity contribution >= 4 is 65.2 Å². The van der Waals surface area contributed by atoms with Gasteiger partial charge in [0.15, 0.2) is 5.75 Å². The van der Waals surface area contributed by atoms with Gasteiger partial charge in [0, 0.05) is 40.0 Å². The van der Waals surface area contributed by atoms with Crippen molar-refractivity contribution < 1.29 is 14.3 Å². The zero-order chi connectivity index (χ0) is 23.6. The molecule has 3 rings (SSSR count). The van der Waals surface area contributed by atoms with Crippen molar-refractivity contribution in [2.24, 2.45) is 0 Å². The van der Waals surface area contributed by atoms with Crippen LogP contribution in [-0.4, -0.2) is 65.1 Å². The molecular weight excluding hydrogens is 448 g/mol. The molecule has 0 spiro atoms. The maximum Gasteiger partial charge on any atom is 0.240 e. The van der Waals surface area contributed by atoms with Crippen LogP contribution in [0.1, 0.15) is 41.5 Å². The first-order valence-electron chi connectivity index (χ1n) is 10.7. The Balaban J connectivity index is 2.18. The van der Waals surface area contributed by atoms with Gasteiger partial charge in [-0.1, -0.05) is 50.4 Å². The first kappa shape index (κ1) is 24.3. The fraction of sp³-hybridized carbons (Fsp3) is 0.524. The third-order valence-electron chi connectivity index (χ3n) is 5.17. The van der Waals surface area contributed by atoms with E-state index in [0.717, 1.165) is 9.40 Å². The molecule has 0 N–H and O–H groups in total. The molecule has 0 saturated carbocycles. The Hall–Kier alpha value is -2.34. The molecule has 2 aromatic heterocycles. The number of amides is 2. The van der Waals surface area contributed by atoms with Gasteiger partial charge in [-0.15, -0.1) is 0 Å². The van der Waals surface area contributed by atoms with Crippen molar-refractivity contribution in [1.82, 2.24) is 20.0 Å². The highest BCUT2D eigenvalue weighted by Gasteiger charge is 2.27. The Bertz CT molecular complexity index is 1040. The normalized spacial score (nSPS) is 11.7. The lowest BCUT2D eigenvalue weighted by Crippen LogP contribution is -2.45. The van der Waals surface area contributed by atoms with Gasteiger partial charge in [0.05, 0.1) is 16.5 Å². The number of nitrogens with zero attached hydrogens (tertiary/aromatic N) is 6. The summed E-state index contributed by atoms with van der Waals surface area (Å²) in [6, 6.07) is 2.01. The number of hydrogen-bond acceptors (Lipinski definition) is 9. The van der Waals surface area contributed by atoms with E-state index in [-0.39, 0.29) is 11.8 Å². The van der Waals surface area contributed by atoms with Crippen LogP contribution in [-0.2, 0) is 9.59 Å². The number of rotatable bonds is 9. The molecule has 2 heterocycles. The Morgan fingerprint density at radius 2 is 1.19 bits per heavy atom. The second-order valence-electron chi connectivity index (χ2n) is 7.04. The number of carbonyl (C=O) groups excluding carboxylic acids is 2. The van der Waals surface area contributed by atoms with Gasteiger partial charge in [0.1, 0.15) is 11.0 Å². The van der Waals surface area contributed by atoms with Gasteiger partial charge in [-0.3, -0.25) is 9.59 Å². The molecule has 2 amide bonds. The van der Waals surface area contributed by atoms with Crippen LogP contribution in [0.15, 0.2) is 6.07 Å². The molecule has 11 heteroatoms. The van der Waals surface area contributed by atoms with Gasteiger partial charge in [-0.25, -0.2) is 30.0 Å². The number of fused-ring (bicyclic) bond motifs is 2. The van der Waals surface area contributed by atoms with Crippen molar-refractivity contribution in [3.8, 4) is 5.75 Å². The third-order valence-corrected chi connectivity index (χ3v) is 7.12. The Morgan fingerprint density at radius 3 is 1.47 bits per heavy atom. The summed E-state index contributed by atoms with van der Waals surface area (Å²) in [5, 5.41) is 8.32. The quantitative estimate of drug-likeness (QED) is 0.428. The zero-order valence-corrected chi connectivity index (χ0v) is 21.3. The maximum atomic E-state index is 12.4. The van der Waals surface area contributed by atoms with Crippen molar-refractivity contribution in [1.29, 1.82) is 0 Å². The minimum absolute atomic E-state index is 0.0923. The fourth-order valence-electron chi connectivity index (χ4n) is 3.69. The first-order chi connectivity index (χ1) is 15.3. The molecule has 1 aromatic carbocycles. The first-order valence-corrected chi connectivity index (χ1v) is 12.3. The van der Waals surface area contributed by atoms with Crippen molar-refractivity contribution in [3.05, 3.63) is 6.07 Å². The van der Waals surface area contributed by atoms with Gasteiger partial charge in [-0.05, 0) is 6.07 Å². The van der Waals surface area contributed by atoms with Gasteiger partial charge < -0.3 is 4.74 Å². The Morgan fingerprint density at radius 1 is 0.812 bits per heavy atom. The number of anilines is 2. The zero-order valence-electron chi connectivity index (χ0n) is 19.6. The van der Waals surface area contributed by atoms with E-state index in [9.17, 15) is 9.59 Å². The summed E-state index contributed by atoms with van der Waals surface area (Å²) in [6.45, 7) is 13.9. The molecule has 0 unspecified atom stereocenters. The number of aromatic nitrogens is 2. The number of methoxy groups -OCH3 is 1. The third kappa shape index (κ3) is 4.29. The summed E-state index contributed by atoms with van der Waals surface area (Å²) in [5.74, 6) is 0.365. The number of thiazole rings is 2. The monoisotopic (exact) mass is 478 g/mol. The van der Waals surface area contributed by atoms with Crippen LogP contribution < -0.4 is 14.8 Å². The van der Waals surface area contributed by atoms with E-state index in [1.807, 2.05) is 43.8 Å². The molecule has 0 atom stereocenters. The highest BCUT2D eigenvalue weighted by atomic mass is 32.1. The average molecular weight is 479 g/mol. The molecule has 9 nitrogen and oxygen atoms in total. The molecule has 0 fully saturated rings. The highest BCUT2D eigenvalue weighted by molar-refractivity contribution is 7.24. The second kappa shape index (κ2) is 10.1. The highest BCUT2D eigenvalue weighted by Crippen LogP contribution is 2.43. The second-order valence-corrected chi connectivity index (χ2v) is 9.05. The topological polar surface area (TPSA) is 82.1 Å². The molecule has 3 aromatic rings. The summed E-state index contributed by atoms with van der Waals surface area (Å²) >= 11 is 2.87. The summed E-state index contributed by atoms with van der Waals surface area (Å²) < 4.78 is 7.52. The minimum Gasteiger partial charge on any atom is -0.492 e. The van der Waals surface area contributed by atoms with Crippen LogP contribution in [0.25, 0.3) is 20.4 Å². The molecular formula is C21H30N6O3S2. The SMILES string of the molecule is CCN(CC)N(C(C)=O)c1nc2c(OC)c3nc(N(C(C)=O)N(CC)CC)sc3cc2s1. The molecule has 32 heavy (non-hydrogen) atoms. The lowest BCUT2D eigenvalue weighted by Gasteiger charge is -2.30. The number of ether oxygens (including phenoxy) is 1. The molecule has 0 aliphatic rings. The molecule has 0 bridgehead atoms. The fourth-order valence-corrected chi connectivity index (χ4v) is 5.92. The van der Waals surface area contributed by atoms with E-state index in [2.05, 4.69) is 0 Å². The molecule has 0 saturated heterocycles. The van der Waals surface area contributed by atoms with Gasteiger partial charge in [0.25, 0.3) is 0 Å². The van der Waals surface area contributed by atoms with Crippen molar-refractivity contribution in [2.75, 3.05) is 43.3 Å². The van der Waals surface area contributed by atoms with Gasteiger partial charge in [0.2, 0.25) is 22.1 Å². The largest absolute Gasteiger partial charge is 0.492 e. The standard InChI is InChI=1S/C21H30N6O3S2/c1-8-24(9-2)26(13(5)28)20-22-17-15(31-20)12-16-18(19(17)30-7)23-21(32-16)27(14(6)29)25(10-3)11-4/h12H,8-11H2,1-7H3. The van der Waals surface area contributed by atoms with E-state index >= 15 is 0 Å². The Kier molecular flexibility index (Phi) is 7.65. The van der Waals surface area contributed by atoms with Gasteiger partial charge >= 0.3 is 0 Å². The van der Waals surface area contributed by atoms with Crippen molar-refractivity contribution in [2.45, 2.75) is 41.5 Å². The number of hydrogen-bond donors (Lipinski definition) is 0. The van der Waals surface area contributed by atoms with Crippen LogP contribution in [0.4, 0.5) is 10.3 Å². The Labute approximate surface area is 196 Å². The van der Waals surface area contributed by atoms with E-state index < -0.39 is 0 Å². The minimum atomic E-state index is -0.0923. The summed E-state index contributed by atoms with van der Waals surface area (Å²) in [7, 11) is 1.59. The van der Waals surface area contributed by atoms with Crippen LogP contribution in [0.2, 0.25) is 0 Å². The predicted molar refractivity (Wildman–Crippen MR) is 132 cm³/mol. The van der Waals surface area contributed by atoms with Crippen molar-refractivity contribution in [3.63, 3.8) is 0 Å². The maximum absolute atomic E-state index is 12.4. The summed E-state index contributed by atoms with van der Waals surface area (Å²) in [6.07, 6.45) is 0. The lowest BCUT2D eigenvalue weighted by molar-refractivity contribution is -0.120. The number of carbonyl (C=O) groups is 2. The molecule has 174 valence electrons. The molecule has 0 aliphatic heterocycles. The average Bonchev–Trinajstić information content (AvgIpc) is 3.36. The van der Waals surface area contributed by atoms with E-state index in [4.69, 9.17) is 14.7 Å². The number of hydrazine groups is 2. The van der Waals surface area contributed by atoms with E-state index in [0.29, 0.717) is 53.2 Å². The lowest BCUT2D eigenvalue weighted by atomic mass is 10.3. The smallest absolute Gasteiger partial charge is 0.240 e. The van der Waals surface area contributed by atoms with Crippen LogP contribution in [0.3, 0.4) is 0 Å².